The molecule has 3 N–H and O–H groups in total. The van der Waals surface area contributed by atoms with E-state index >= 15 is 0 Å². The van der Waals surface area contributed by atoms with Gasteiger partial charge in [0.2, 0.25) is 0 Å². The van der Waals surface area contributed by atoms with E-state index in [1.54, 1.807) is 0 Å². The normalized spacial score (nSPS) is 27.3. The van der Waals surface area contributed by atoms with Crippen molar-refractivity contribution in [2.45, 2.75) is 76.0 Å². The third kappa shape index (κ3) is 3.81. The van der Waals surface area contributed by atoms with Crippen LogP contribution in [-0.4, -0.2) is 31.4 Å². The molecule has 1 fully saturated rings. The summed E-state index contributed by atoms with van der Waals surface area (Å²) in [6, 6.07) is 13.5. The number of rotatable bonds is 4. The first-order valence-electron chi connectivity index (χ1n) is 11.0. The number of aromatic amines is 1. The molecule has 3 aromatic rings. The lowest BCUT2D eigenvalue weighted by molar-refractivity contribution is 0.0655. The topological polar surface area (TPSA) is 70.8 Å². The molecule has 152 valence electrons. The van der Waals surface area contributed by atoms with Crippen LogP contribution in [0.15, 0.2) is 42.6 Å². The minimum absolute atomic E-state index is 0.0236. The second-order valence-corrected chi connectivity index (χ2v) is 9.21. The lowest BCUT2D eigenvalue weighted by Gasteiger charge is -2.44. The van der Waals surface area contributed by atoms with Crippen molar-refractivity contribution in [2.75, 3.05) is 0 Å². The molecule has 1 unspecified atom stereocenters. The Bertz CT molecular complexity index is 949. The van der Waals surface area contributed by atoms with E-state index < -0.39 is 0 Å². The van der Waals surface area contributed by atoms with Crippen LogP contribution in [0.25, 0.3) is 11.0 Å². The molecule has 5 heteroatoms. The molecule has 1 aromatic carbocycles. The molecular weight excluding hydrogens is 358 g/mol. The Morgan fingerprint density at radius 2 is 1.97 bits per heavy atom. The van der Waals surface area contributed by atoms with Gasteiger partial charge in [0.1, 0.15) is 5.82 Å². The summed E-state index contributed by atoms with van der Waals surface area (Å²) in [7, 11) is 0. The largest absolute Gasteiger partial charge is 0.341 e. The first-order valence-corrected chi connectivity index (χ1v) is 11.0. The van der Waals surface area contributed by atoms with E-state index in [0.717, 1.165) is 55.5 Å². The summed E-state index contributed by atoms with van der Waals surface area (Å²) in [4.78, 5) is 15.9. The summed E-state index contributed by atoms with van der Waals surface area (Å²) in [5, 5.41) is 0. The van der Waals surface area contributed by atoms with Gasteiger partial charge >= 0.3 is 0 Å². The lowest BCUT2D eigenvalue weighted by atomic mass is 9.80. The van der Waals surface area contributed by atoms with E-state index in [0.29, 0.717) is 12.1 Å². The Balaban J connectivity index is 1.48. The Morgan fingerprint density at radius 1 is 1.14 bits per heavy atom. The molecule has 5 rings (SSSR count). The van der Waals surface area contributed by atoms with Gasteiger partial charge < -0.3 is 10.7 Å². The van der Waals surface area contributed by atoms with Crippen molar-refractivity contribution in [1.29, 1.82) is 0 Å². The van der Waals surface area contributed by atoms with Gasteiger partial charge in [-0.1, -0.05) is 18.2 Å². The third-order valence-electron chi connectivity index (χ3n) is 6.90. The van der Waals surface area contributed by atoms with Gasteiger partial charge in [-0.15, -0.1) is 0 Å². The lowest BCUT2D eigenvalue weighted by Crippen LogP contribution is -2.48. The molecule has 0 amide bonds. The first kappa shape index (κ1) is 18.8. The van der Waals surface area contributed by atoms with E-state index in [1.165, 1.54) is 24.1 Å². The van der Waals surface area contributed by atoms with E-state index in [2.05, 4.69) is 53.2 Å². The molecule has 2 aromatic heterocycles. The third-order valence-corrected chi connectivity index (χ3v) is 6.90. The van der Waals surface area contributed by atoms with Gasteiger partial charge in [-0.05, 0) is 75.6 Å². The SMILES string of the molecule is CC1(N)CCC(N(Cc2nc3ccccc3[nH]2)C2CCCc3cccnc32)CC1. The molecule has 0 radical (unpaired) electrons. The maximum atomic E-state index is 6.45. The number of fused-ring (bicyclic) bond motifs is 2. The van der Waals surface area contributed by atoms with Gasteiger partial charge in [0.05, 0.1) is 29.3 Å². The molecule has 2 aliphatic rings. The number of imidazole rings is 1. The van der Waals surface area contributed by atoms with Crippen molar-refractivity contribution in [3.05, 3.63) is 59.7 Å². The maximum absolute atomic E-state index is 6.45. The summed E-state index contributed by atoms with van der Waals surface area (Å²) in [6.07, 6.45) is 9.93. The zero-order chi connectivity index (χ0) is 19.8. The van der Waals surface area contributed by atoms with Crippen molar-refractivity contribution in [3.63, 3.8) is 0 Å². The Labute approximate surface area is 172 Å². The summed E-state index contributed by atoms with van der Waals surface area (Å²) < 4.78 is 0. The highest BCUT2D eigenvalue weighted by Crippen LogP contribution is 2.39. The average Bonchev–Trinajstić information content (AvgIpc) is 3.15. The van der Waals surface area contributed by atoms with Crippen molar-refractivity contribution < 1.29 is 0 Å². The summed E-state index contributed by atoms with van der Waals surface area (Å²) >= 11 is 0. The van der Waals surface area contributed by atoms with Crippen LogP contribution in [-0.2, 0) is 13.0 Å². The number of aromatic nitrogens is 3. The number of hydrogen-bond acceptors (Lipinski definition) is 4. The van der Waals surface area contributed by atoms with Crippen LogP contribution in [0.3, 0.4) is 0 Å². The van der Waals surface area contributed by atoms with Crippen LogP contribution in [0.4, 0.5) is 0 Å². The predicted octanol–water partition coefficient (Wildman–Crippen LogP) is 4.50. The molecule has 2 aliphatic carbocycles. The number of hydrogen-bond donors (Lipinski definition) is 2. The fraction of sp³-hybridized carbons (Fsp3) is 0.500. The standard InChI is InChI=1S/C24H31N5/c1-24(25)13-11-18(12-14-24)29(16-22-27-19-8-2-3-9-20(19)28-22)21-10-4-6-17-7-5-15-26-23(17)21/h2-3,5,7-9,15,18,21H,4,6,10-14,16,25H2,1H3,(H,27,28). The highest BCUT2D eigenvalue weighted by molar-refractivity contribution is 5.74. The molecule has 1 atom stereocenters. The number of nitrogens with one attached hydrogen (secondary N) is 1. The molecule has 0 spiro atoms. The number of para-hydroxylation sites is 2. The first-order chi connectivity index (χ1) is 14.1. The fourth-order valence-corrected chi connectivity index (χ4v) is 5.25. The average molecular weight is 390 g/mol. The second-order valence-electron chi connectivity index (χ2n) is 9.21. The van der Waals surface area contributed by atoms with Crippen LogP contribution >= 0.6 is 0 Å². The molecule has 2 heterocycles. The van der Waals surface area contributed by atoms with Gasteiger partial charge in [0.25, 0.3) is 0 Å². The van der Waals surface area contributed by atoms with Gasteiger partial charge in [-0.2, -0.15) is 0 Å². The number of pyridine rings is 1. The van der Waals surface area contributed by atoms with Gasteiger partial charge in [0.15, 0.2) is 0 Å². The second kappa shape index (κ2) is 7.54. The van der Waals surface area contributed by atoms with E-state index in [9.17, 15) is 0 Å². The zero-order valence-electron chi connectivity index (χ0n) is 17.3. The van der Waals surface area contributed by atoms with E-state index in [4.69, 9.17) is 15.7 Å². The van der Waals surface area contributed by atoms with Crippen molar-refractivity contribution in [2.24, 2.45) is 5.73 Å². The monoisotopic (exact) mass is 389 g/mol. The molecule has 29 heavy (non-hydrogen) atoms. The Hall–Kier alpha value is -2.24. The van der Waals surface area contributed by atoms with E-state index in [1.807, 2.05) is 6.20 Å². The van der Waals surface area contributed by atoms with Crippen LogP contribution < -0.4 is 5.73 Å². The molecule has 5 nitrogen and oxygen atoms in total. The van der Waals surface area contributed by atoms with Crippen molar-refractivity contribution >= 4 is 11.0 Å². The zero-order valence-corrected chi connectivity index (χ0v) is 17.3. The Morgan fingerprint density at radius 3 is 2.79 bits per heavy atom. The molecule has 0 bridgehead atoms. The van der Waals surface area contributed by atoms with Gasteiger partial charge in [-0.25, -0.2) is 4.98 Å². The minimum atomic E-state index is -0.0236. The number of H-pyrrole nitrogens is 1. The van der Waals surface area contributed by atoms with Crippen molar-refractivity contribution in [1.82, 2.24) is 19.9 Å². The molecule has 0 saturated heterocycles. The smallest absolute Gasteiger partial charge is 0.121 e. The molecule has 0 aliphatic heterocycles. The number of benzene rings is 1. The fourth-order valence-electron chi connectivity index (χ4n) is 5.25. The number of nitrogens with two attached hydrogens (primary N) is 1. The predicted molar refractivity (Wildman–Crippen MR) is 116 cm³/mol. The molecular formula is C24H31N5. The molecule has 1 saturated carbocycles. The number of nitrogens with zero attached hydrogens (tertiary/aromatic N) is 3. The minimum Gasteiger partial charge on any atom is -0.341 e. The van der Waals surface area contributed by atoms with Gasteiger partial charge in [-0.3, -0.25) is 9.88 Å². The van der Waals surface area contributed by atoms with Gasteiger partial charge in [0, 0.05) is 17.8 Å². The van der Waals surface area contributed by atoms with Crippen molar-refractivity contribution in [3.8, 4) is 0 Å². The maximum Gasteiger partial charge on any atom is 0.121 e. The van der Waals surface area contributed by atoms with Crippen LogP contribution in [0.5, 0.6) is 0 Å². The summed E-state index contributed by atoms with van der Waals surface area (Å²) in [6.45, 7) is 3.03. The highest BCUT2D eigenvalue weighted by Gasteiger charge is 2.36. The van der Waals surface area contributed by atoms with Crippen LogP contribution in [0.1, 0.15) is 68.6 Å². The number of aryl methyl sites for hydroxylation is 1. The summed E-state index contributed by atoms with van der Waals surface area (Å²) in [5.41, 5.74) is 11.3. The summed E-state index contributed by atoms with van der Waals surface area (Å²) in [5.74, 6) is 1.05. The quantitative estimate of drug-likeness (QED) is 0.689. The highest BCUT2D eigenvalue weighted by atomic mass is 15.2. The Kier molecular flexibility index (Phi) is 4.88. The van der Waals surface area contributed by atoms with E-state index in [-0.39, 0.29) is 5.54 Å². The van der Waals surface area contributed by atoms with Crippen LogP contribution in [0, 0.1) is 0 Å². The van der Waals surface area contributed by atoms with Crippen LogP contribution in [0.2, 0.25) is 0 Å².